The SMILES string of the molecule is COC(C)(C)CCOc1ccc([C@@H](C)O)cc1C. The van der Waals surface area contributed by atoms with E-state index >= 15 is 0 Å². The predicted molar refractivity (Wildman–Crippen MR) is 73.0 cm³/mol. The van der Waals surface area contributed by atoms with Gasteiger partial charge in [-0.1, -0.05) is 6.07 Å². The average molecular weight is 252 g/mol. The van der Waals surface area contributed by atoms with Gasteiger partial charge in [0.15, 0.2) is 0 Å². The van der Waals surface area contributed by atoms with Gasteiger partial charge in [0.2, 0.25) is 0 Å². The van der Waals surface area contributed by atoms with E-state index in [0.717, 1.165) is 23.3 Å². The Hall–Kier alpha value is -1.06. The third kappa shape index (κ3) is 4.31. The summed E-state index contributed by atoms with van der Waals surface area (Å²) in [5.74, 6) is 0.867. The lowest BCUT2D eigenvalue weighted by Gasteiger charge is -2.23. The Bertz CT molecular complexity index is 383. The van der Waals surface area contributed by atoms with Crippen molar-refractivity contribution in [3.63, 3.8) is 0 Å². The first-order valence-corrected chi connectivity index (χ1v) is 6.32. The summed E-state index contributed by atoms with van der Waals surface area (Å²) in [4.78, 5) is 0. The molecule has 1 aromatic rings. The van der Waals surface area contributed by atoms with Crippen molar-refractivity contribution in [3.8, 4) is 5.75 Å². The third-order valence-electron chi connectivity index (χ3n) is 3.20. The van der Waals surface area contributed by atoms with E-state index in [-0.39, 0.29) is 5.60 Å². The van der Waals surface area contributed by atoms with Crippen LogP contribution in [0, 0.1) is 6.92 Å². The van der Waals surface area contributed by atoms with Crippen LogP contribution in [0.25, 0.3) is 0 Å². The van der Waals surface area contributed by atoms with Crippen molar-refractivity contribution >= 4 is 0 Å². The maximum absolute atomic E-state index is 9.50. The molecule has 0 aliphatic heterocycles. The van der Waals surface area contributed by atoms with E-state index in [0.29, 0.717) is 6.61 Å². The van der Waals surface area contributed by atoms with Gasteiger partial charge in [-0.3, -0.25) is 0 Å². The molecule has 3 heteroatoms. The van der Waals surface area contributed by atoms with E-state index in [2.05, 4.69) is 0 Å². The molecule has 0 heterocycles. The number of hydrogen-bond acceptors (Lipinski definition) is 3. The number of benzene rings is 1. The van der Waals surface area contributed by atoms with Crippen LogP contribution in [0.3, 0.4) is 0 Å². The second-order valence-electron chi connectivity index (χ2n) is 5.26. The molecule has 0 amide bonds. The summed E-state index contributed by atoms with van der Waals surface area (Å²) < 4.78 is 11.1. The van der Waals surface area contributed by atoms with E-state index in [1.807, 2.05) is 39.0 Å². The predicted octanol–water partition coefficient (Wildman–Crippen LogP) is 3.24. The smallest absolute Gasteiger partial charge is 0.122 e. The van der Waals surface area contributed by atoms with Gasteiger partial charge in [-0.15, -0.1) is 0 Å². The normalized spacial score (nSPS) is 13.4. The van der Waals surface area contributed by atoms with Gasteiger partial charge in [0, 0.05) is 13.5 Å². The van der Waals surface area contributed by atoms with Crippen molar-refractivity contribution in [2.75, 3.05) is 13.7 Å². The molecular formula is C15H24O3. The Balaban J connectivity index is 2.58. The van der Waals surface area contributed by atoms with Crippen LogP contribution in [0.4, 0.5) is 0 Å². The number of ether oxygens (including phenoxy) is 2. The monoisotopic (exact) mass is 252 g/mol. The van der Waals surface area contributed by atoms with Crippen molar-refractivity contribution in [2.45, 2.75) is 45.8 Å². The molecule has 0 spiro atoms. The van der Waals surface area contributed by atoms with Crippen LogP contribution >= 0.6 is 0 Å². The zero-order valence-corrected chi connectivity index (χ0v) is 12.0. The summed E-state index contributed by atoms with van der Waals surface area (Å²) in [5.41, 5.74) is 1.80. The minimum Gasteiger partial charge on any atom is -0.493 e. The first kappa shape index (κ1) is 15.0. The minimum atomic E-state index is -0.440. The van der Waals surface area contributed by atoms with Gasteiger partial charge in [-0.25, -0.2) is 0 Å². The zero-order valence-electron chi connectivity index (χ0n) is 12.0. The van der Waals surface area contributed by atoms with Crippen LogP contribution in [0.15, 0.2) is 18.2 Å². The van der Waals surface area contributed by atoms with E-state index in [1.165, 1.54) is 0 Å². The van der Waals surface area contributed by atoms with E-state index in [1.54, 1.807) is 14.0 Å². The highest BCUT2D eigenvalue weighted by Gasteiger charge is 2.16. The molecule has 0 radical (unpaired) electrons. The third-order valence-corrected chi connectivity index (χ3v) is 3.20. The molecule has 0 bridgehead atoms. The summed E-state index contributed by atoms with van der Waals surface area (Å²) in [7, 11) is 1.71. The van der Waals surface area contributed by atoms with Gasteiger partial charge in [-0.05, 0) is 51.0 Å². The van der Waals surface area contributed by atoms with Crippen LogP contribution in [0.2, 0.25) is 0 Å². The van der Waals surface area contributed by atoms with Crippen molar-refractivity contribution < 1.29 is 14.6 Å². The summed E-state index contributed by atoms with van der Waals surface area (Å²) in [5, 5.41) is 9.50. The molecule has 0 aromatic heterocycles. The quantitative estimate of drug-likeness (QED) is 0.844. The molecule has 1 aromatic carbocycles. The number of hydrogen-bond donors (Lipinski definition) is 1. The summed E-state index contributed by atoms with van der Waals surface area (Å²) >= 11 is 0. The summed E-state index contributed by atoms with van der Waals surface area (Å²) in [6.45, 7) is 8.45. The highest BCUT2D eigenvalue weighted by Crippen LogP contribution is 2.23. The number of aliphatic hydroxyl groups excluding tert-OH is 1. The molecular weight excluding hydrogens is 228 g/mol. The Morgan fingerprint density at radius 1 is 1.33 bits per heavy atom. The molecule has 0 saturated carbocycles. The second-order valence-corrected chi connectivity index (χ2v) is 5.26. The molecule has 1 N–H and O–H groups in total. The Labute approximate surface area is 110 Å². The fourth-order valence-electron chi connectivity index (χ4n) is 1.60. The number of methoxy groups -OCH3 is 1. The van der Waals surface area contributed by atoms with Crippen LogP contribution in [0.5, 0.6) is 5.75 Å². The van der Waals surface area contributed by atoms with Crippen molar-refractivity contribution in [1.82, 2.24) is 0 Å². The Kier molecular flexibility index (Phi) is 5.17. The second kappa shape index (κ2) is 6.21. The van der Waals surface area contributed by atoms with Gasteiger partial charge in [-0.2, -0.15) is 0 Å². The Morgan fingerprint density at radius 2 is 2.00 bits per heavy atom. The highest BCUT2D eigenvalue weighted by molar-refractivity contribution is 5.36. The molecule has 0 aliphatic rings. The number of aliphatic hydroxyl groups is 1. The van der Waals surface area contributed by atoms with Crippen molar-refractivity contribution in [1.29, 1.82) is 0 Å². The van der Waals surface area contributed by atoms with Gasteiger partial charge < -0.3 is 14.6 Å². The van der Waals surface area contributed by atoms with Crippen LogP contribution in [0.1, 0.15) is 44.4 Å². The fraction of sp³-hybridized carbons (Fsp3) is 0.600. The molecule has 1 atom stereocenters. The Morgan fingerprint density at radius 3 is 2.50 bits per heavy atom. The number of aryl methyl sites for hydroxylation is 1. The highest BCUT2D eigenvalue weighted by atomic mass is 16.5. The van der Waals surface area contributed by atoms with Gasteiger partial charge in [0.1, 0.15) is 5.75 Å². The van der Waals surface area contributed by atoms with Gasteiger partial charge >= 0.3 is 0 Å². The van der Waals surface area contributed by atoms with E-state index < -0.39 is 6.10 Å². The number of rotatable bonds is 6. The molecule has 0 unspecified atom stereocenters. The standard InChI is InChI=1S/C15H24O3/c1-11-10-13(12(2)16)6-7-14(11)18-9-8-15(3,4)17-5/h6-7,10,12,16H,8-9H2,1-5H3/t12-/m1/s1. The fourth-order valence-corrected chi connectivity index (χ4v) is 1.60. The van der Waals surface area contributed by atoms with Crippen molar-refractivity contribution in [3.05, 3.63) is 29.3 Å². The maximum atomic E-state index is 9.50. The minimum absolute atomic E-state index is 0.159. The first-order chi connectivity index (χ1) is 8.35. The lowest BCUT2D eigenvalue weighted by molar-refractivity contribution is 0.00539. The lowest BCUT2D eigenvalue weighted by Crippen LogP contribution is -2.25. The van der Waals surface area contributed by atoms with E-state index in [4.69, 9.17) is 9.47 Å². The first-order valence-electron chi connectivity index (χ1n) is 6.32. The molecule has 0 saturated heterocycles. The van der Waals surface area contributed by atoms with E-state index in [9.17, 15) is 5.11 Å². The van der Waals surface area contributed by atoms with Crippen LogP contribution in [-0.4, -0.2) is 24.4 Å². The largest absolute Gasteiger partial charge is 0.493 e. The molecule has 102 valence electrons. The van der Waals surface area contributed by atoms with Crippen LogP contribution in [-0.2, 0) is 4.74 Å². The lowest BCUT2D eigenvalue weighted by atomic mass is 10.1. The summed E-state index contributed by atoms with van der Waals surface area (Å²) in [6.07, 6.45) is 0.395. The molecule has 3 nitrogen and oxygen atoms in total. The average Bonchev–Trinajstić information content (AvgIpc) is 2.31. The van der Waals surface area contributed by atoms with Gasteiger partial charge in [0.25, 0.3) is 0 Å². The molecule has 18 heavy (non-hydrogen) atoms. The molecule has 0 fully saturated rings. The zero-order chi connectivity index (χ0) is 13.8. The topological polar surface area (TPSA) is 38.7 Å². The maximum Gasteiger partial charge on any atom is 0.122 e. The summed E-state index contributed by atoms with van der Waals surface area (Å²) in [6, 6.07) is 5.77. The van der Waals surface area contributed by atoms with Crippen LogP contribution < -0.4 is 4.74 Å². The molecule has 1 rings (SSSR count). The molecule has 0 aliphatic carbocycles. The van der Waals surface area contributed by atoms with Gasteiger partial charge in [0.05, 0.1) is 18.3 Å². The van der Waals surface area contributed by atoms with Crippen molar-refractivity contribution in [2.24, 2.45) is 0 Å².